The molecule has 1 N–H and O–H groups in total. The lowest BCUT2D eigenvalue weighted by atomic mass is 9.94. The van der Waals surface area contributed by atoms with Crippen LogP contribution in [0.2, 0.25) is 0 Å². The molecule has 1 aromatic carbocycles. The molecule has 0 saturated heterocycles. The lowest BCUT2D eigenvalue weighted by molar-refractivity contribution is 0.00174. The van der Waals surface area contributed by atoms with Gasteiger partial charge in [-0.25, -0.2) is 9.97 Å². The van der Waals surface area contributed by atoms with E-state index in [0.29, 0.717) is 18.9 Å². The minimum Gasteiger partial charge on any atom is -0.385 e. The first-order valence-electron chi connectivity index (χ1n) is 6.90. The van der Waals surface area contributed by atoms with Gasteiger partial charge in [-0.05, 0) is 30.0 Å². The lowest BCUT2D eigenvalue weighted by Crippen LogP contribution is -2.19. The zero-order valence-corrected chi connectivity index (χ0v) is 11.5. The average molecular weight is 270 g/mol. The monoisotopic (exact) mass is 270 g/mol. The predicted molar refractivity (Wildman–Crippen MR) is 75.2 cm³/mol. The van der Waals surface area contributed by atoms with Crippen LogP contribution in [0.5, 0.6) is 0 Å². The largest absolute Gasteiger partial charge is 0.385 e. The van der Waals surface area contributed by atoms with Crippen molar-refractivity contribution in [2.75, 3.05) is 6.61 Å². The summed E-state index contributed by atoms with van der Waals surface area (Å²) in [6, 6.07) is 8.25. The molecule has 104 valence electrons. The molecular weight excluding hydrogens is 252 g/mol. The van der Waals surface area contributed by atoms with Crippen LogP contribution in [0.15, 0.2) is 36.7 Å². The van der Waals surface area contributed by atoms with Gasteiger partial charge < -0.3 is 9.84 Å². The van der Waals surface area contributed by atoms with Crippen molar-refractivity contribution in [1.29, 1.82) is 0 Å². The molecule has 1 aliphatic heterocycles. The number of benzene rings is 1. The summed E-state index contributed by atoms with van der Waals surface area (Å²) in [6.45, 7) is 2.62. The average Bonchev–Trinajstić information content (AvgIpc) is 2.48. The van der Waals surface area contributed by atoms with E-state index in [0.717, 1.165) is 12.0 Å². The zero-order valence-electron chi connectivity index (χ0n) is 11.5. The third-order valence-corrected chi connectivity index (χ3v) is 3.63. The maximum Gasteiger partial charge on any atom is 0.156 e. The molecule has 2 aromatic rings. The van der Waals surface area contributed by atoms with Gasteiger partial charge in [0.25, 0.3) is 0 Å². The molecule has 0 aliphatic carbocycles. The lowest BCUT2D eigenvalue weighted by Gasteiger charge is -2.27. The van der Waals surface area contributed by atoms with Crippen molar-refractivity contribution in [3.63, 3.8) is 0 Å². The van der Waals surface area contributed by atoms with Crippen molar-refractivity contribution in [3.05, 3.63) is 59.2 Å². The normalized spacial score (nSPS) is 19.4. The van der Waals surface area contributed by atoms with Crippen molar-refractivity contribution in [1.82, 2.24) is 9.97 Å². The molecule has 2 unspecified atom stereocenters. The smallest absolute Gasteiger partial charge is 0.156 e. The van der Waals surface area contributed by atoms with Gasteiger partial charge in [0, 0.05) is 18.8 Å². The molecular formula is C16H18N2O2. The molecule has 0 fully saturated rings. The number of aryl methyl sites for hydroxylation is 1. The van der Waals surface area contributed by atoms with Crippen molar-refractivity contribution in [2.45, 2.75) is 32.0 Å². The molecule has 3 rings (SSSR count). The molecule has 0 spiro atoms. The fraction of sp³-hybridized carbons (Fsp3) is 0.375. The van der Waals surface area contributed by atoms with Crippen molar-refractivity contribution in [2.24, 2.45) is 0 Å². The van der Waals surface area contributed by atoms with E-state index in [2.05, 4.69) is 22.1 Å². The quantitative estimate of drug-likeness (QED) is 0.931. The minimum absolute atomic E-state index is 0.0835. The first kappa shape index (κ1) is 13.2. The van der Waals surface area contributed by atoms with E-state index < -0.39 is 6.10 Å². The van der Waals surface area contributed by atoms with E-state index in [1.807, 2.05) is 19.1 Å². The highest BCUT2D eigenvalue weighted by atomic mass is 16.5. The van der Waals surface area contributed by atoms with Crippen LogP contribution in [0, 0.1) is 6.92 Å². The number of fused-ring (bicyclic) bond motifs is 1. The Hall–Kier alpha value is -1.78. The molecule has 0 amide bonds. The minimum atomic E-state index is -0.702. The van der Waals surface area contributed by atoms with E-state index in [9.17, 15) is 5.11 Å². The summed E-state index contributed by atoms with van der Waals surface area (Å²) in [5, 5.41) is 10.3. The Balaban J connectivity index is 1.77. The molecule has 1 aliphatic rings. The van der Waals surface area contributed by atoms with E-state index >= 15 is 0 Å². The number of ether oxygens (including phenoxy) is 1. The molecule has 1 aromatic heterocycles. The highest BCUT2D eigenvalue weighted by Crippen LogP contribution is 2.33. The molecule has 20 heavy (non-hydrogen) atoms. The van der Waals surface area contributed by atoms with Gasteiger partial charge in [-0.3, -0.25) is 0 Å². The summed E-state index contributed by atoms with van der Waals surface area (Å²) in [5.74, 6) is 0.460. The number of hydrogen-bond acceptors (Lipinski definition) is 4. The van der Waals surface area contributed by atoms with Crippen LogP contribution in [-0.4, -0.2) is 21.7 Å². The van der Waals surface area contributed by atoms with Crippen LogP contribution in [-0.2, 0) is 11.2 Å². The molecule has 4 heteroatoms. The maximum atomic E-state index is 10.3. The summed E-state index contributed by atoms with van der Waals surface area (Å²) in [4.78, 5) is 8.37. The van der Waals surface area contributed by atoms with Gasteiger partial charge in [-0.15, -0.1) is 0 Å². The summed E-state index contributed by atoms with van der Waals surface area (Å²) >= 11 is 0. The Morgan fingerprint density at radius 1 is 1.30 bits per heavy atom. The number of aliphatic hydroxyl groups is 1. The van der Waals surface area contributed by atoms with Crippen molar-refractivity contribution < 1.29 is 9.84 Å². The van der Waals surface area contributed by atoms with E-state index in [-0.39, 0.29) is 6.10 Å². The molecule has 0 bridgehead atoms. The van der Waals surface area contributed by atoms with Gasteiger partial charge in [0.05, 0.1) is 12.7 Å². The van der Waals surface area contributed by atoms with Crippen LogP contribution in [0.1, 0.15) is 41.1 Å². The number of hydrogen-bond donors (Lipinski definition) is 1. The summed E-state index contributed by atoms with van der Waals surface area (Å²) < 4.78 is 5.80. The fourth-order valence-electron chi connectivity index (χ4n) is 2.55. The zero-order chi connectivity index (χ0) is 13.9. The van der Waals surface area contributed by atoms with Crippen LogP contribution < -0.4 is 0 Å². The Bertz CT molecular complexity index is 583. The van der Waals surface area contributed by atoms with Gasteiger partial charge in [-0.1, -0.05) is 24.3 Å². The fourth-order valence-corrected chi connectivity index (χ4v) is 2.55. The third kappa shape index (κ3) is 2.71. The molecule has 2 atom stereocenters. The standard InChI is InChI=1S/C16H18N2O2/c1-11-9-17-16(18-10-11)14(19)8-15-13-5-3-2-4-12(13)6-7-20-15/h2-5,9-10,14-15,19H,6-8H2,1H3. The van der Waals surface area contributed by atoms with Gasteiger partial charge >= 0.3 is 0 Å². The second-order valence-corrected chi connectivity index (χ2v) is 5.18. The van der Waals surface area contributed by atoms with Crippen LogP contribution in [0.4, 0.5) is 0 Å². The van der Waals surface area contributed by atoms with E-state index in [4.69, 9.17) is 4.74 Å². The van der Waals surface area contributed by atoms with Crippen LogP contribution >= 0.6 is 0 Å². The van der Waals surface area contributed by atoms with Crippen LogP contribution in [0.25, 0.3) is 0 Å². The second kappa shape index (κ2) is 5.69. The van der Waals surface area contributed by atoms with Crippen molar-refractivity contribution >= 4 is 0 Å². The number of aromatic nitrogens is 2. The number of rotatable bonds is 3. The first-order chi connectivity index (χ1) is 9.74. The first-order valence-corrected chi connectivity index (χ1v) is 6.90. The van der Waals surface area contributed by atoms with E-state index in [1.165, 1.54) is 11.1 Å². The molecule has 0 saturated carbocycles. The summed E-state index contributed by atoms with van der Waals surface area (Å²) in [5.41, 5.74) is 3.46. The Labute approximate surface area is 118 Å². The molecule has 4 nitrogen and oxygen atoms in total. The highest BCUT2D eigenvalue weighted by Gasteiger charge is 2.24. The van der Waals surface area contributed by atoms with Crippen LogP contribution in [0.3, 0.4) is 0 Å². The predicted octanol–water partition coefficient (Wildman–Crippen LogP) is 2.52. The SMILES string of the molecule is Cc1cnc(C(O)CC2OCCc3ccccc32)nc1. The maximum absolute atomic E-state index is 10.3. The topological polar surface area (TPSA) is 55.2 Å². The van der Waals surface area contributed by atoms with Gasteiger partial charge in [0.15, 0.2) is 5.82 Å². The van der Waals surface area contributed by atoms with Gasteiger partial charge in [-0.2, -0.15) is 0 Å². The highest BCUT2D eigenvalue weighted by molar-refractivity contribution is 5.31. The van der Waals surface area contributed by atoms with Gasteiger partial charge in [0.2, 0.25) is 0 Å². The number of nitrogens with zero attached hydrogens (tertiary/aromatic N) is 2. The Kier molecular flexibility index (Phi) is 3.76. The Morgan fingerprint density at radius 2 is 2.05 bits per heavy atom. The Morgan fingerprint density at radius 3 is 2.85 bits per heavy atom. The summed E-state index contributed by atoms with van der Waals surface area (Å²) in [6.07, 6.45) is 4.08. The summed E-state index contributed by atoms with van der Waals surface area (Å²) in [7, 11) is 0. The number of aliphatic hydroxyl groups excluding tert-OH is 1. The van der Waals surface area contributed by atoms with Gasteiger partial charge in [0.1, 0.15) is 6.10 Å². The third-order valence-electron chi connectivity index (χ3n) is 3.63. The second-order valence-electron chi connectivity index (χ2n) is 5.18. The van der Waals surface area contributed by atoms with Crippen molar-refractivity contribution in [3.8, 4) is 0 Å². The molecule has 0 radical (unpaired) electrons. The molecule has 2 heterocycles. The van der Waals surface area contributed by atoms with E-state index in [1.54, 1.807) is 12.4 Å².